The van der Waals surface area contributed by atoms with Crippen LogP contribution in [0.15, 0.2) is 42.5 Å². The molecule has 1 aromatic heterocycles. The first-order valence-corrected chi connectivity index (χ1v) is 17.4. The third-order valence-corrected chi connectivity index (χ3v) is 10.6. The predicted molar refractivity (Wildman–Crippen MR) is 178 cm³/mol. The number of carbonyl (C=O) groups excluding carboxylic acids is 3. The number of likely N-dealkylation sites (tertiary alicyclic amines) is 3. The molecule has 1 atom stereocenters. The number of urea groups is 2. The molecule has 7 rings (SSSR count). The van der Waals surface area contributed by atoms with E-state index in [9.17, 15) is 27.6 Å². The Morgan fingerprint density at radius 3 is 2.33 bits per heavy atom. The van der Waals surface area contributed by atoms with Crippen LogP contribution < -0.4 is 10.6 Å². The van der Waals surface area contributed by atoms with Crippen molar-refractivity contribution in [1.29, 1.82) is 0 Å². The number of benzene rings is 2. The lowest BCUT2D eigenvalue weighted by Crippen LogP contribution is -2.57. The summed E-state index contributed by atoms with van der Waals surface area (Å²) in [6, 6.07) is 11.5. The molecule has 2 aromatic carbocycles. The molecule has 14 heteroatoms. The maximum Gasteiger partial charge on any atom is 0.449 e. The quantitative estimate of drug-likeness (QED) is 0.332. The van der Waals surface area contributed by atoms with Crippen LogP contribution in [0.3, 0.4) is 0 Å². The van der Waals surface area contributed by atoms with Crippen molar-refractivity contribution < 1.29 is 27.6 Å². The Hall–Kier alpha value is -4.33. The van der Waals surface area contributed by atoms with Gasteiger partial charge < -0.3 is 35.2 Å². The van der Waals surface area contributed by atoms with Crippen LogP contribution in [-0.4, -0.2) is 105 Å². The first-order chi connectivity index (χ1) is 23.6. The summed E-state index contributed by atoms with van der Waals surface area (Å²) in [7, 11) is 0. The third-order valence-electron chi connectivity index (χ3n) is 10.6. The Labute approximate surface area is 283 Å². The van der Waals surface area contributed by atoms with E-state index in [0.29, 0.717) is 57.2 Å². The number of anilines is 1. The minimum absolute atomic E-state index is 0.0294. The van der Waals surface area contributed by atoms with Gasteiger partial charge in [-0.05, 0) is 80.9 Å². The van der Waals surface area contributed by atoms with E-state index < -0.39 is 18.0 Å². The smallest absolute Gasteiger partial charge is 0.341 e. The third kappa shape index (κ3) is 7.34. The predicted octanol–water partition coefficient (Wildman–Crippen LogP) is 5.19. The summed E-state index contributed by atoms with van der Waals surface area (Å²) in [6.45, 7) is 4.71. The van der Waals surface area contributed by atoms with Crippen molar-refractivity contribution in [1.82, 2.24) is 34.9 Å². The number of aromatic amines is 1. The molecule has 0 bridgehead atoms. The Balaban J connectivity index is 1.02. The molecule has 5 amide bonds. The SMILES string of the molecule is O=C(NC(Cc1ccc2[nH]c(C(F)(F)F)nc2c1)C(=O)N1CCC(N2CCCCC2)CC1)N1CCC(N2Cc3ccccc3NC2=O)CC1. The molecule has 0 saturated carbocycles. The second-order valence-corrected chi connectivity index (χ2v) is 13.7. The minimum Gasteiger partial charge on any atom is -0.341 e. The number of carbonyl (C=O) groups is 3. The van der Waals surface area contributed by atoms with Crippen LogP contribution in [0, 0.1) is 0 Å². The van der Waals surface area contributed by atoms with Crippen LogP contribution in [-0.2, 0) is 23.9 Å². The summed E-state index contributed by atoms with van der Waals surface area (Å²) in [5.41, 5.74) is 2.86. The topological polar surface area (TPSA) is 117 Å². The van der Waals surface area contributed by atoms with Crippen molar-refractivity contribution in [3.8, 4) is 0 Å². The number of halogens is 3. The molecular formula is C35H43F3N8O3. The van der Waals surface area contributed by atoms with Crippen molar-refractivity contribution in [2.75, 3.05) is 44.6 Å². The van der Waals surface area contributed by atoms with Gasteiger partial charge in [0.1, 0.15) is 6.04 Å². The summed E-state index contributed by atoms with van der Waals surface area (Å²) >= 11 is 0. The molecule has 3 N–H and O–H groups in total. The van der Waals surface area contributed by atoms with E-state index in [-0.39, 0.29) is 41.5 Å². The number of fused-ring (bicyclic) bond motifs is 2. The van der Waals surface area contributed by atoms with Gasteiger partial charge in [0.25, 0.3) is 0 Å². The van der Waals surface area contributed by atoms with Gasteiger partial charge in [-0.25, -0.2) is 14.6 Å². The van der Waals surface area contributed by atoms with Gasteiger partial charge in [-0.3, -0.25) is 4.79 Å². The van der Waals surface area contributed by atoms with Gasteiger partial charge in [0.15, 0.2) is 0 Å². The Bertz CT molecular complexity index is 1670. The molecule has 262 valence electrons. The number of imidazole rings is 1. The van der Waals surface area contributed by atoms with Crippen LogP contribution >= 0.6 is 0 Å². The number of aromatic nitrogens is 2. The fourth-order valence-corrected chi connectivity index (χ4v) is 7.84. The van der Waals surface area contributed by atoms with Gasteiger partial charge in [0.05, 0.1) is 11.0 Å². The molecular weight excluding hydrogens is 637 g/mol. The van der Waals surface area contributed by atoms with Crippen molar-refractivity contribution >= 4 is 34.7 Å². The number of hydrogen-bond donors (Lipinski definition) is 3. The summed E-state index contributed by atoms with van der Waals surface area (Å²) in [4.78, 5) is 54.5. The molecule has 3 saturated heterocycles. The maximum atomic E-state index is 14.1. The molecule has 3 fully saturated rings. The lowest BCUT2D eigenvalue weighted by molar-refractivity contribution is -0.144. The molecule has 3 aromatic rings. The molecule has 11 nitrogen and oxygen atoms in total. The van der Waals surface area contributed by atoms with E-state index >= 15 is 0 Å². The molecule has 4 aliphatic heterocycles. The largest absolute Gasteiger partial charge is 0.449 e. The number of amides is 5. The van der Waals surface area contributed by atoms with Gasteiger partial charge in [0, 0.05) is 56.9 Å². The van der Waals surface area contributed by atoms with Gasteiger partial charge in [-0.1, -0.05) is 30.7 Å². The van der Waals surface area contributed by atoms with Gasteiger partial charge >= 0.3 is 18.2 Å². The highest BCUT2D eigenvalue weighted by Crippen LogP contribution is 2.30. The number of H-pyrrole nitrogens is 1. The number of nitrogens with zero attached hydrogens (tertiary/aromatic N) is 5. The summed E-state index contributed by atoms with van der Waals surface area (Å²) in [5, 5.41) is 5.95. The number of hydrogen-bond acceptors (Lipinski definition) is 5. The molecule has 0 spiro atoms. The fourth-order valence-electron chi connectivity index (χ4n) is 7.84. The number of nitrogens with one attached hydrogen (secondary N) is 3. The van der Waals surface area contributed by atoms with E-state index in [0.717, 1.165) is 37.2 Å². The summed E-state index contributed by atoms with van der Waals surface area (Å²) < 4.78 is 39.9. The molecule has 5 heterocycles. The van der Waals surface area contributed by atoms with Crippen molar-refractivity contribution in [2.45, 2.75) is 82.2 Å². The summed E-state index contributed by atoms with van der Waals surface area (Å²) in [5.74, 6) is -1.27. The first kappa shape index (κ1) is 33.2. The van der Waals surface area contributed by atoms with E-state index in [4.69, 9.17) is 0 Å². The highest BCUT2D eigenvalue weighted by molar-refractivity contribution is 5.92. The average molecular weight is 681 g/mol. The Morgan fingerprint density at radius 1 is 0.898 bits per heavy atom. The van der Waals surface area contributed by atoms with E-state index in [2.05, 4.69) is 25.5 Å². The fraction of sp³-hybridized carbons (Fsp3) is 0.543. The van der Waals surface area contributed by atoms with Crippen LogP contribution in [0.25, 0.3) is 11.0 Å². The van der Waals surface area contributed by atoms with Crippen LogP contribution in [0.2, 0.25) is 0 Å². The van der Waals surface area contributed by atoms with Gasteiger partial charge in [-0.2, -0.15) is 13.2 Å². The summed E-state index contributed by atoms with van der Waals surface area (Å²) in [6.07, 6.45) is 2.11. The Morgan fingerprint density at radius 2 is 1.59 bits per heavy atom. The van der Waals surface area contributed by atoms with Crippen molar-refractivity contribution in [3.05, 3.63) is 59.4 Å². The zero-order valence-electron chi connectivity index (χ0n) is 27.5. The van der Waals surface area contributed by atoms with E-state index in [1.54, 1.807) is 17.0 Å². The standard InChI is InChI=1S/C35H43F3N8O3/c36-35(37,38)32-39-28-9-8-23(20-29(28)40-32)21-30(31(47)44-16-10-25(11-17-44)43-14-4-1-5-15-43)42-33(48)45-18-12-26(13-19-45)46-22-24-6-2-3-7-27(24)41-34(46)49/h2-3,6-9,20,25-26,30H,1,4-5,10-19,21-22H2,(H,39,40)(H,41,49)(H,42,48). The lowest BCUT2D eigenvalue weighted by Gasteiger charge is -2.42. The normalized spacial score (nSPS) is 20.6. The number of para-hydroxylation sites is 1. The highest BCUT2D eigenvalue weighted by Gasteiger charge is 2.37. The number of alkyl halides is 3. The van der Waals surface area contributed by atoms with Crippen molar-refractivity contribution in [2.24, 2.45) is 0 Å². The molecule has 0 aliphatic carbocycles. The highest BCUT2D eigenvalue weighted by atomic mass is 19.4. The van der Waals surface area contributed by atoms with Crippen molar-refractivity contribution in [3.63, 3.8) is 0 Å². The van der Waals surface area contributed by atoms with Crippen LogP contribution in [0.4, 0.5) is 28.4 Å². The lowest BCUT2D eigenvalue weighted by atomic mass is 9.98. The monoisotopic (exact) mass is 680 g/mol. The zero-order chi connectivity index (χ0) is 34.1. The van der Waals surface area contributed by atoms with Crippen LogP contribution in [0.1, 0.15) is 61.9 Å². The molecule has 4 aliphatic rings. The average Bonchev–Trinajstić information content (AvgIpc) is 3.56. The van der Waals surface area contributed by atoms with Crippen LogP contribution in [0.5, 0.6) is 0 Å². The number of rotatable bonds is 6. The second-order valence-electron chi connectivity index (χ2n) is 13.7. The Kier molecular flexibility index (Phi) is 9.40. The number of piperidine rings is 3. The van der Waals surface area contributed by atoms with Gasteiger partial charge in [0.2, 0.25) is 11.7 Å². The van der Waals surface area contributed by atoms with E-state index in [1.807, 2.05) is 34.1 Å². The zero-order valence-corrected chi connectivity index (χ0v) is 27.5. The molecule has 0 radical (unpaired) electrons. The molecule has 49 heavy (non-hydrogen) atoms. The second kappa shape index (κ2) is 13.9. The van der Waals surface area contributed by atoms with E-state index in [1.165, 1.54) is 25.3 Å². The minimum atomic E-state index is -4.61. The van der Waals surface area contributed by atoms with Gasteiger partial charge in [-0.15, -0.1) is 0 Å². The first-order valence-electron chi connectivity index (χ1n) is 17.4. The molecule has 1 unspecified atom stereocenters. The maximum absolute atomic E-state index is 14.1.